The van der Waals surface area contributed by atoms with E-state index in [4.69, 9.17) is 19.6 Å². The molecule has 0 spiro atoms. The number of esters is 1. The third kappa shape index (κ3) is 2.75. The van der Waals surface area contributed by atoms with Crippen LogP contribution in [0.2, 0.25) is 0 Å². The molecule has 0 saturated carbocycles. The molecule has 1 N–H and O–H groups in total. The smallest absolute Gasteiger partial charge is 0.505 e. The van der Waals surface area contributed by atoms with Crippen molar-refractivity contribution < 1.29 is 28.8 Å². The molecule has 0 amide bonds. The van der Waals surface area contributed by atoms with Crippen LogP contribution in [0.25, 0.3) is 4.98 Å². The minimum atomic E-state index is -1.21. The van der Waals surface area contributed by atoms with Crippen LogP contribution in [0.15, 0.2) is 11.5 Å². The molecular formula is C12H17N2O6+. The quantitative estimate of drug-likeness (QED) is 0.359. The number of allylic oxidation sites excluding steroid dienone is 1. The second-order valence-electron chi connectivity index (χ2n) is 5.25. The number of carbonyl (C=O) groups excluding carboxylic acids is 1. The zero-order valence-electron chi connectivity index (χ0n) is 11.4. The minimum absolute atomic E-state index is 0.00872. The molecule has 3 fully saturated rings. The number of rotatable bonds is 4. The van der Waals surface area contributed by atoms with E-state index in [0.717, 1.165) is 7.11 Å². The van der Waals surface area contributed by atoms with Crippen LogP contribution in [0.1, 0.15) is 19.8 Å². The monoisotopic (exact) mass is 285 g/mol. The maximum atomic E-state index is 11.2. The van der Waals surface area contributed by atoms with Crippen LogP contribution in [-0.4, -0.2) is 44.0 Å². The van der Waals surface area contributed by atoms with Crippen molar-refractivity contribution in [3.05, 3.63) is 16.4 Å². The highest BCUT2D eigenvalue weighted by Crippen LogP contribution is 2.40. The summed E-state index contributed by atoms with van der Waals surface area (Å²) in [7, 11) is 1.12. The number of carbonyl (C=O) groups is 1. The van der Waals surface area contributed by atoms with Gasteiger partial charge in [-0.1, -0.05) is 6.92 Å². The maximum absolute atomic E-state index is 11.2. The van der Waals surface area contributed by atoms with Gasteiger partial charge in [-0.2, -0.15) is 0 Å². The summed E-state index contributed by atoms with van der Waals surface area (Å²) in [5, 5.41) is 18.5. The first-order chi connectivity index (χ1) is 9.44. The van der Waals surface area contributed by atoms with E-state index >= 15 is 0 Å². The molecule has 3 aliphatic rings. The summed E-state index contributed by atoms with van der Waals surface area (Å²) in [4.78, 5) is 14.0. The summed E-state index contributed by atoms with van der Waals surface area (Å²) in [5.74, 6) is -2.55. The first-order valence-corrected chi connectivity index (χ1v) is 6.21. The molecule has 3 heterocycles. The Kier molecular flexibility index (Phi) is 3.94. The van der Waals surface area contributed by atoms with Crippen LogP contribution in [0.5, 0.6) is 0 Å². The molecule has 0 aromatic rings. The molecule has 2 bridgehead atoms. The molecule has 3 saturated heterocycles. The first-order valence-electron chi connectivity index (χ1n) is 6.21. The Bertz CT molecular complexity index is 456. The largest absolute Gasteiger partial charge is 0.505 e. The van der Waals surface area contributed by atoms with Gasteiger partial charge in [0, 0.05) is 18.3 Å². The maximum Gasteiger partial charge on any atom is 0.505 e. The molecule has 0 radical (unpaired) electrons. The average molecular weight is 285 g/mol. The zero-order valence-corrected chi connectivity index (χ0v) is 11.4. The summed E-state index contributed by atoms with van der Waals surface area (Å²) in [6.45, 7) is 3.51. The van der Waals surface area contributed by atoms with Crippen molar-refractivity contribution in [1.82, 2.24) is 0 Å². The van der Waals surface area contributed by atoms with Crippen molar-refractivity contribution in [3.63, 3.8) is 0 Å². The highest BCUT2D eigenvalue weighted by atomic mass is 16.9. The zero-order chi connectivity index (χ0) is 14.8. The van der Waals surface area contributed by atoms with Gasteiger partial charge in [0.15, 0.2) is 10.7 Å². The van der Waals surface area contributed by atoms with Crippen molar-refractivity contribution in [1.29, 1.82) is 5.39 Å². The molecule has 0 atom stereocenters. The predicted molar refractivity (Wildman–Crippen MR) is 64.7 cm³/mol. The van der Waals surface area contributed by atoms with E-state index < -0.39 is 23.4 Å². The van der Waals surface area contributed by atoms with Crippen LogP contribution >= 0.6 is 0 Å². The van der Waals surface area contributed by atoms with Gasteiger partial charge in [-0.25, -0.2) is 4.79 Å². The fourth-order valence-electron chi connectivity index (χ4n) is 2.02. The van der Waals surface area contributed by atoms with Gasteiger partial charge in [0.05, 0.1) is 26.9 Å². The molecular weight excluding hydrogens is 268 g/mol. The van der Waals surface area contributed by atoms with Crippen LogP contribution < -0.4 is 0 Å². The van der Waals surface area contributed by atoms with Gasteiger partial charge in [-0.05, 0) is 0 Å². The van der Waals surface area contributed by atoms with Gasteiger partial charge < -0.3 is 24.1 Å². The van der Waals surface area contributed by atoms with Crippen LogP contribution in [-0.2, 0) is 23.7 Å². The molecule has 110 valence electrons. The molecule has 0 aliphatic carbocycles. The Labute approximate surface area is 115 Å². The van der Waals surface area contributed by atoms with Gasteiger partial charge in [-0.3, -0.25) is 0 Å². The molecule has 0 unspecified atom stereocenters. The van der Waals surface area contributed by atoms with Crippen LogP contribution in [0.3, 0.4) is 0 Å². The van der Waals surface area contributed by atoms with E-state index in [2.05, 4.69) is 9.71 Å². The lowest BCUT2D eigenvalue weighted by molar-refractivity contribution is -0.467. The molecule has 0 aromatic heterocycles. The number of hydrogen-bond donors (Lipinski definition) is 1. The SMILES string of the molecule is COC(=O)/C([N+]#N)=C(\O)CCC12OCC(C)(CO1)CO2. The number of fused-ring (bicyclic) bond motifs is 3. The van der Waals surface area contributed by atoms with Gasteiger partial charge in [0.25, 0.3) is 5.97 Å². The average Bonchev–Trinajstić information content (AvgIpc) is 2.47. The Hall–Kier alpha value is -1.69. The molecule has 3 aliphatic heterocycles. The summed E-state index contributed by atoms with van der Waals surface area (Å²) in [6, 6.07) is 0. The van der Waals surface area contributed by atoms with E-state index in [-0.39, 0.29) is 18.3 Å². The topological polar surface area (TPSA) is 102 Å². The third-order valence-electron chi connectivity index (χ3n) is 3.34. The van der Waals surface area contributed by atoms with E-state index in [9.17, 15) is 9.90 Å². The van der Waals surface area contributed by atoms with Gasteiger partial charge in [0.2, 0.25) is 5.39 Å². The van der Waals surface area contributed by atoms with Crippen molar-refractivity contribution in [2.24, 2.45) is 5.41 Å². The number of nitrogens with zero attached hydrogens (tertiary/aromatic N) is 2. The highest BCUT2D eigenvalue weighted by Gasteiger charge is 2.50. The van der Waals surface area contributed by atoms with E-state index in [1.165, 1.54) is 0 Å². The second-order valence-corrected chi connectivity index (χ2v) is 5.25. The van der Waals surface area contributed by atoms with Gasteiger partial charge >= 0.3 is 11.7 Å². The standard InChI is InChI=1S/C12H16N2O6/c1-11-5-18-12(19-6-11,20-7-11)4-3-8(15)9(14-13)10(16)17-2/h3-7H2,1-2H3/p+1. The van der Waals surface area contributed by atoms with Crippen molar-refractivity contribution >= 4 is 5.97 Å². The summed E-state index contributed by atoms with van der Waals surface area (Å²) in [5.41, 5.74) is -0.683. The lowest BCUT2D eigenvalue weighted by atomic mass is 9.91. The number of diazo groups is 1. The Morgan fingerprint density at radius 2 is 1.90 bits per heavy atom. The van der Waals surface area contributed by atoms with Gasteiger partial charge in [-0.15, -0.1) is 0 Å². The number of hydrogen-bond acceptors (Lipinski definition) is 7. The number of aliphatic hydroxyl groups excluding tert-OH is 1. The first kappa shape index (κ1) is 14.7. The van der Waals surface area contributed by atoms with Crippen molar-refractivity contribution in [2.75, 3.05) is 26.9 Å². The molecule has 8 heteroatoms. The third-order valence-corrected chi connectivity index (χ3v) is 3.34. The summed E-state index contributed by atoms with van der Waals surface area (Å²) in [6.07, 6.45) is 0.163. The Balaban J connectivity index is 2.00. The highest BCUT2D eigenvalue weighted by molar-refractivity contribution is 5.90. The molecule has 8 nitrogen and oxygen atoms in total. The minimum Gasteiger partial charge on any atom is -0.505 e. The predicted octanol–water partition coefficient (Wildman–Crippen LogP) is 1.30. The van der Waals surface area contributed by atoms with Gasteiger partial charge in [0.1, 0.15) is 0 Å². The van der Waals surface area contributed by atoms with E-state index in [1.807, 2.05) is 6.92 Å². The number of ether oxygens (including phenoxy) is 4. The van der Waals surface area contributed by atoms with Crippen molar-refractivity contribution in [2.45, 2.75) is 25.7 Å². The normalized spacial score (nSPS) is 33.2. The van der Waals surface area contributed by atoms with E-state index in [0.29, 0.717) is 19.8 Å². The second kappa shape index (κ2) is 5.36. The summed E-state index contributed by atoms with van der Waals surface area (Å²) < 4.78 is 21.0. The fourth-order valence-corrected chi connectivity index (χ4v) is 2.02. The van der Waals surface area contributed by atoms with Crippen LogP contribution in [0, 0.1) is 10.8 Å². The molecule has 20 heavy (non-hydrogen) atoms. The number of methoxy groups -OCH3 is 1. The lowest BCUT2D eigenvalue weighted by Crippen LogP contribution is -2.58. The van der Waals surface area contributed by atoms with E-state index in [1.54, 1.807) is 0 Å². The fraction of sp³-hybridized carbons (Fsp3) is 0.750. The lowest BCUT2D eigenvalue weighted by Gasteiger charge is -2.50. The van der Waals surface area contributed by atoms with Crippen LogP contribution in [0.4, 0.5) is 0 Å². The molecule has 3 rings (SSSR count). The van der Waals surface area contributed by atoms with Crippen molar-refractivity contribution in [3.8, 4) is 0 Å². The Morgan fingerprint density at radius 3 is 2.35 bits per heavy atom. The molecule has 0 aromatic carbocycles. The summed E-state index contributed by atoms with van der Waals surface area (Å²) >= 11 is 0. The number of aliphatic hydroxyl groups is 1. The Morgan fingerprint density at radius 1 is 1.35 bits per heavy atom.